The van der Waals surface area contributed by atoms with Gasteiger partial charge in [-0.2, -0.15) is 0 Å². The standard InChI is InChI=1S/C22H24FN3O/c23-17-4-6-18(7-5-17)26-11-8-15-12-19(15)20-13-16(14-24-21(20)26)22(27)25-9-2-1-3-10-25/h4-7,13-15,19H,1-3,8-12H2/t15-,19?/m0/s1. The minimum absolute atomic E-state index is 0.111. The third-order valence-electron chi connectivity index (χ3n) is 6.22. The highest BCUT2D eigenvalue weighted by Crippen LogP contribution is 2.54. The van der Waals surface area contributed by atoms with Gasteiger partial charge in [-0.15, -0.1) is 0 Å². The molecular formula is C22H24FN3O. The third kappa shape index (κ3) is 3.09. The van der Waals surface area contributed by atoms with E-state index in [4.69, 9.17) is 4.98 Å². The highest BCUT2D eigenvalue weighted by atomic mass is 19.1. The molecule has 1 amide bonds. The molecule has 1 saturated carbocycles. The van der Waals surface area contributed by atoms with E-state index >= 15 is 0 Å². The summed E-state index contributed by atoms with van der Waals surface area (Å²) in [5.74, 6) is 2.00. The number of hydrogen-bond donors (Lipinski definition) is 0. The van der Waals surface area contributed by atoms with Crippen molar-refractivity contribution in [2.45, 2.75) is 38.0 Å². The van der Waals surface area contributed by atoms with Crippen LogP contribution in [0.5, 0.6) is 0 Å². The molecule has 1 aliphatic carbocycles. The Labute approximate surface area is 159 Å². The Balaban J connectivity index is 1.50. The number of carbonyl (C=O) groups excluding carboxylic acids is 1. The van der Waals surface area contributed by atoms with Crippen molar-refractivity contribution in [3.05, 3.63) is 53.5 Å². The monoisotopic (exact) mass is 365 g/mol. The molecule has 140 valence electrons. The van der Waals surface area contributed by atoms with Gasteiger partial charge >= 0.3 is 0 Å². The first-order chi connectivity index (χ1) is 13.2. The van der Waals surface area contributed by atoms with Gasteiger partial charge < -0.3 is 9.80 Å². The van der Waals surface area contributed by atoms with Gasteiger partial charge in [-0.1, -0.05) is 0 Å². The minimum Gasteiger partial charge on any atom is -0.339 e. The molecule has 2 aliphatic heterocycles. The summed E-state index contributed by atoms with van der Waals surface area (Å²) in [4.78, 5) is 21.8. The van der Waals surface area contributed by atoms with Gasteiger partial charge in [-0.25, -0.2) is 9.37 Å². The van der Waals surface area contributed by atoms with E-state index in [1.54, 1.807) is 6.20 Å². The van der Waals surface area contributed by atoms with E-state index in [2.05, 4.69) is 11.0 Å². The van der Waals surface area contributed by atoms with Crippen LogP contribution in [0.25, 0.3) is 0 Å². The molecule has 0 spiro atoms. The first-order valence-electron chi connectivity index (χ1n) is 10.0. The topological polar surface area (TPSA) is 36.4 Å². The Morgan fingerprint density at radius 2 is 1.85 bits per heavy atom. The number of aromatic nitrogens is 1. The maximum Gasteiger partial charge on any atom is 0.255 e. The number of fused-ring (bicyclic) bond motifs is 3. The fourth-order valence-electron chi connectivity index (χ4n) is 4.59. The predicted molar refractivity (Wildman–Crippen MR) is 103 cm³/mol. The zero-order valence-electron chi connectivity index (χ0n) is 15.4. The van der Waals surface area contributed by atoms with Crippen molar-refractivity contribution < 1.29 is 9.18 Å². The summed E-state index contributed by atoms with van der Waals surface area (Å²) in [7, 11) is 0. The van der Waals surface area contributed by atoms with E-state index < -0.39 is 0 Å². The van der Waals surface area contributed by atoms with Crippen molar-refractivity contribution >= 4 is 17.4 Å². The van der Waals surface area contributed by atoms with Gasteiger partial charge in [0.1, 0.15) is 11.6 Å². The lowest BCUT2D eigenvalue weighted by Gasteiger charge is -2.28. The normalized spacial score (nSPS) is 24.0. The van der Waals surface area contributed by atoms with Gasteiger partial charge in [0, 0.05) is 31.5 Å². The van der Waals surface area contributed by atoms with Gasteiger partial charge in [-0.3, -0.25) is 4.79 Å². The molecule has 5 heteroatoms. The van der Waals surface area contributed by atoms with Crippen LogP contribution in [-0.2, 0) is 0 Å². The largest absolute Gasteiger partial charge is 0.339 e. The van der Waals surface area contributed by atoms with Crippen molar-refractivity contribution in [1.82, 2.24) is 9.88 Å². The number of rotatable bonds is 2. The molecule has 1 saturated heterocycles. The maximum atomic E-state index is 13.3. The number of amides is 1. The lowest BCUT2D eigenvalue weighted by atomic mass is 10.1. The van der Waals surface area contributed by atoms with Gasteiger partial charge in [0.05, 0.1) is 5.56 Å². The van der Waals surface area contributed by atoms with Crippen molar-refractivity contribution in [2.75, 3.05) is 24.5 Å². The number of benzene rings is 1. The summed E-state index contributed by atoms with van der Waals surface area (Å²) in [6.07, 6.45) is 7.42. The van der Waals surface area contributed by atoms with Gasteiger partial charge in [0.15, 0.2) is 0 Å². The molecular weight excluding hydrogens is 341 g/mol. The number of hydrogen-bond acceptors (Lipinski definition) is 3. The zero-order chi connectivity index (χ0) is 18.4. The molecule has 0 radical (unpaired) electrons. The zero-order valence-corrected chi connectivity index (χ0v) is 15.4. The van der Waals surface area contributed by atoms with E-state index in [0.29, 0.717) is 17.4 Å². The molecule has 2 aromatic rings. The highest BCUT2D eigenvalue weighted by Gasteiger charge is 2.43. The van der Waals surface area contributed by atoms with Crippen molar-refractivity contribution in [1.29, 1.82) is 0 Å². The molecule has 3 aliphatic rings. The number of piperidine rings is 1. The number of likely N-dealkylation sites (tertiary alicyclic amines) is 1. The van der Waals surface area contributed by atoms with Crippen LogP contribution in [0, 0.1) is 11.7 Å². The van der Waals surface area contributed by atoms with Gasteiger partial charge in [-0.05, 0) is 79.8 Å². The minimum atomic E-state index is -0.230. The van der Waals surface area contributed by atoms with E-state index in [-0.39, 0.29) is 11.7 Å². The van der Waals surface area contributed by atoms with E-state index in [9.17, 15) is 9.18 Å². The van der Waals surface area contributed by atoms with Gasteiger partial charge in [0.2, 0.25) is 0 Å². The maximum absolute atomic E-state index is 13.3. The molecule has 3 heterocycles. The van der Waals surface area contributed by atoms with Crippen LogP contribution in [0.15, 0.2) is 36.5 Å². The SMILES string of the molecule is O=C(c1cnc2c(c1)C1C[C@@H]1CCN2c1ccc(F)cc1)N1CCCCC1. The van der Waals surface area contributed by atoms with E-state index in [1.807, 2.05) is 17.0 Å². The molecule has 0 bridgehead atoms. The van der Waals surface area contributed by atoms with Crippen LogP contribution >= 0.6 is 0 Å². The summed E-state index contributed by atoms with van der Waals surface area (Å²) < 4.78 is 13.3. The molecule has 0 N–H and O–H groups in total. The number of halogens is 1. The second-order valence-corrected chi connectivity index (χ2v) is 8.01. The van der Waals surface area contributed by atoms with Crippen LogP contribution < -0.4 is 4.90 Å². The molecule has 4 nitrogen and oxygen atoms in total. The summed E-state index contributed by atoms with van der Waals surface area (Å²) in [6.45, 7) is 2.58. The fraction of sp³-hybridized carbons (Fsp3) is 0.455. The molecule has 5 rings (SSSR count). The number of pyridine rings is 1. The molecule has 1 unspecified atom stereocenters. The van der Waals surface area contributed by atoms with Crippen molar-refractivity contribution in [2.24, 2.45) is 5.92 Å². The second kappa shape index (κ2) is 6.63. The average molecular weight is 365 g/mol. The second-order valence-electron chi connectivity index (χ2n) is 8.01. The summed E-state index contributed by atoms with van der Waals surface area (Å²) >= 11 is 0. The van der Waals surface area contributed by atoms with Crippen LogP contribution in [0.3, 0.4) is 0 Å². The molecule has 1 aromatic heterocycles. The number of carbonyl (C=O) groups is 1. The van der Waals surface area contributed by atoms with Crippen LogP contribution in [0.4, 0.5) is 15.9 Å². The summed E-state index contributed by atoms with van der Waals surface area (Å²) in [5, 5.41) is 0. The van der Waals surface area contributed by atoms with Crippen LogP contribution in [0.2, 0.25) is 0 Å². The van der Waals surface area contributed by atoms with Crippen molar-refractivity contribution in [3.8, 4) is 0 Å². The summed E-state index contributed by atoms with van der Waals surface area (Å²) in [5.41, 5.74) is 2.86. The Hall–Kier alpha value is -2.43. The molecule has 2 fully saturated rings. The first-order valence-corrected chi connectivity index (χ1v) is 10.0. The van der Waals surface area contributed by atoms with Crippen LogP contribution in [0.1, 0.15) is 53.9 Å². The predicted octanol–water partition coefficient (Wildman–Crippen LogP) is 4.49. The number of anilines is 2. The molecule has 1 aromatic carbocycles. The van der Waals surface area contributed by atoms with Crippen LogP contribution in [-0.4, -0.2) is 35.4 Å². The molecule has 2 atom stereocenters. The lowest BCUT2D eigenvalue weighted by molar-refractivity contribution is 0.0724. The number of nitrogens with zero attached hydrogens (tertiary/aromatic N) is 3. The Kier molecular flexibility index (Phi) is 4.10. The lowest BCUT2D eigenvalue weighted by Crippen LogP contribution is -2.35. The van der Waals surface area contributed by atoms with E-state index in [0.717, 1.165) is 50.4 Å². The Morgan fingerprint density at radius 1 is 1.07 bits per heavy atom. The van der Waals surface area contributed by atoms with Gasteiger partial charge in [0.25, 0.3) is 5.91 Å². The Morgan fingerprint density at radius 3 is 2.63 bits per heavy atom. The smallest absolute Gasteiger partial charge is 0.255 e. The fourth-order valence-corrected chi connectivity index (χ4v) is 4.59. The van der Waals surface area contributed by atoms with E-state index in [1.165, 1.54) is 30.5 Å². The summed E-state index contributed by atoms with van der Waals surface area (Å²) in [6, 6.07) is 8.69. The highest BCUT2D eigenvalue weighted by molar-refractivity contribution is 5.94. The first kappa shape index (κ1) is 16.7. The van der Waals surface area contributed by atoms with Crippen molar-refractivity contribution in [3.63, 3.8) is 0 Å². The Bertz CT molecular complexity index is 860. The molecule has 27 heavy (non-hydrogen) atoms. The quantitative estimate of drug-likeness (QED) is 0.787. The third-order valence-corrected chi connectivity index (χ3v) is 6.22. The average Bonchev–Trinajstić information content (AvgIpc) is 3.50.